The fourth-order valence-electron chi connectivity index (χ4n) is 7.13. The van der Waals surface area contributed by atoms with Gasteiger partial charge < -0.3 is 19.9 Å². The van der Waals surface area contributed by atoms with Crippen molar-refractivity contribution in [3.8, 4) is 34.1 Å². The van der Waals surface area contributed by atoms with E-state index in [4.69, 9.17) is 19.9 Å². The molecule has 0 radical (unpaired) electrons. The van der Waals surface area contributed by atoms with E-state index in [1.165, 1.54) is 31.2 Å². The predicted molar refractivity (Wildman–Crippen MR) is 250 cm³/mol. The number of rotatable bonds is 14. The van der Waals surface area contributed by atoms with Gasteiger partial charge in [0.05, 0.1) is 66.0 Å². The van der Waals surface area contributed by atoms with Gasteiger partial charge in [0.25, 0.3) is 0 Å². The lowest BCUT2D eigenvalue weighted by molar-refractivity contribution is -0.138. The molecule has 0 aliphatic carbocycles. The molecule has 372 valence electrons. The number of aromatic nitrogens is 4. The van der Waals surface area contributed by atoms with Gasteiger partial charge in [-0.25, -0.2) is 21.5 Å². The van der Waals surface area contributed by atoms with E-state index in [1.54, 1.807) is 17.7 Å². The molecule has 13 nitrogen and oxygen atoms in total. The van der Waals surface area contributed by atoms with Gasteiger partial charge in [-0.3, -0.25) is 4.68 Å². The van der Waals surface area contributed by atoms with Gasteiger partial charge in [-0.2, -0.15) is 41.3 Å². The lowest BCUT2D eigenvalue weighted by Gasteiger charge is -2.42. The number of nitrogens with zero attached hydrogens (tertiary/aromatic N) is 4. The number of aryl methyl sites for hydroxylation is 2. The lowest BCUT2D eigenvalue weighted by Crippen LogP contribution is -2.59. The molecule has 22 heteroatoms. The number of nitrogens with two attached hydrogens (primary N) is 1. The van der Waals surface area contributed by atoms with Crippen molar-refractivity contribution < 1.29 is 57.4 Å². The molecule has 2 saturated heterocycles. The topological polar surface area (TPSA) is 170 Å². The van der Waals surface area contributed by atoms with Crippen LogP contribution in [0.4, 0.5) is 26.3 Å². The first-order valence-electron chi connectivity index (χ1n) is 21.7. The first kappa shape index (κ1) is 53.1. The van der Waals surface area contributed by atoms with Crippen LogP contribution in [0.3, 0.4) is 0 Å². The van der Waals surface area contributed by atoms with E-state index in [0.29, 0.717) is 55.7 Å². The molecule has 0 bridgehead atoms. The summed E-state index contributed by atoms with van der Waals surface area (Å²) >= 11 is 0. The molecule has 4 heterocycles. The molecule has 3 N–H and O–H groups in total. The molecule has 2 aliphatic heterocycles. The second-order valence-electron chi connectivity index (χ2n) is 16.2. The van der Waals surface area contributed by atoms with Crippen LogP contribution in [0.25, 0.3) is 22.5 Å². The Labute approximate surface area is 401 Å². The van der Waals surface area contributed by atoms with Crippen molar-refractivity contribution in [3.63, 3.8) is 0 Å². The summed E-state index contributed by atoms with van der Waals surface area (Å²) in [5, 5.41) is 9.23. The quantitative estimate of drug-likeness (QED) is 0.0792. The molecular formula is C47H51ClF6N6O7S2. The van der Waals surface area contributed by atoms with Gasteiger partial charge in [0.2, 0.25) is 25.0 Å². The predicted octanol–water partition coefficient (Wildman–Crippen LogP) is 9.48. The lowest BCUT2D eigenvalue weighted by atomic mass is 9.88. The van der Waals surface area contributed by atoms with E-state index >= 15 is 0 Å². The minimum Gasteiger partial charge on any atom is -0.439 e. The molecule has 2 aliphatic rings. The largest absolute Gasteiger partial charge is 0.439 e. The number of sulfonamides is 1. The molecule has 6 aromatic rings. The van der Waals surface area contributed by atoms with Crippen LogP contribution >= 0.6 is 10.7 Å². The molecule has 0 saturated carbocycles. The molecular weight excluding hydrogens is 974 g/mol. The average Bonchev–Trinajstić information content (AvgIpc) is 3.90. The maximum absolute atomic E-state index is 12.9. The number of ether oxygens (including phenoxy) is 3. The number of hydrogen-bond donors (Lipinski definition) is 2. The highest BCUT2D eigenvalue weighted by atomic mass is 35.7. The SMILES string of the molecule is CCS(=O)(=O)Cl.CCn1nc(-c2cccc(C3(N)COC3)c2)cc1Oc1ccc(C(F)(F)F)cc1.CCn1nc(-c2cccc(C3(NS(=O)(=O)CC)COC3)c2)cc1Cc1ccc(C(F)(F)F)cc1. The van der Waals surface area contributed by atoms with Crippen LogP contribution in [0.1, 0.15) is 61.2 Å². The van der Waals surface area contributed by atoms with Crippen LogP contribution in [-0.4, -0.2) is 74.3 Å². The summed E-state index contributed by atoms with van der Waals surface area (Å²) in [5.41, 5.74) is 10.1. The Morgan fingerprint density at radius 3 is 1.64 bits per heavy atom. The first-order chi connectivity index (χ1) is 32.4. The smallest absolute Gasteiger partial charge is 0.416 e. The summed E-state index contributed by atoms with van der Waals surface area (Å²) in [4.78, 5) is 0. The summed E-state index contributed by atoms with van der Waals surface area (Å²) in [7, 11) is -1.94. The third-order valence-electron chi connectivity index (χ3n) is 11.2. The molecule has 2 fully saturated rings. The highest BCUT2D eigenvalue weighted by Crippen LogP contribution is 2.36. The molecule has 69 heavy (non-hydrogen) atoms. The monoisotopic (exact) mass is 1020 g/mol. The number of benzene rings is 4. The Morgan fingerprint density at radius 1 is 0.681 bits per heavy atom. The van der Waals surface area contributed by atoms with Crippen molar-refractivity contribution in [2.45, 2.75) is 70.6 Å². The van der Waals surface area contributed by atoms with Gasteiger partial charge in [0, 0.05) is 53.1 Å². The van der Waals surface area contributed by atoms with Gasteiger partial charge in [-0.15, -0.1) is 0 Å². The van der Waals surface area contributed by atoms with Gasteiger partial charge in [0.15, 0.2) is 0 Å². The molecule has 0 amide bonds. The summed E-state index contributed by atoms with van der Waals surface area (Å²) in [5.74, 6) is 0.736. The fourth-order valence-corrected chi connectivity index (χ4v) is 8.10. The zero-order valence-electron chi connectivity index (χ0n) is 37.9. The van der Waals surface area contributed by atoms with Crippen LogP contribution in [0, 0.1) is 0 Å². The summed E-state index contributed by atoms with van der Waals surface area (Å²) in [6, 6.07) is 28.7. The average molecular weight is 1030 g/mol. The van der Waals surface area contributed by atoms with E-state index in [2.05, 4.69) is 25.6 Å². The first-order valence-corrected chi connectivity index (χ1v) is 25.8. The Kier molecular flexibility index (Phi) is 16.4. The van der Waals surface area contributed by atoms with E-state index in [0.717, 1.165) is 57.8 Å². The van der Waals surface area contributed by atoms with E-state index in [1.807, 2.05) is 73.1 Å². The van der Waals surface area contributed by atoms with Crippen molar-refractivity contribution in [2.24, 2.45) is 5.73 Å². The van der Waals surface area contributed by atoms with Crippen LogP contribution in [0.2, 0.25) is 0 Å². The third kappa shape index (κ3) is 13.5. The van der Waals surface area contributed by atoms with Gasteiger partial charge in [0.1, 0.15) is 11.3 Å². The van der Waals surface area contributed by atoms with Crippen LogP contribution in [0.15, 0.2) is 109 Å². The van der Waals surface area contributed by atoms with Crippen LogP contribution in [-0.2, 0) is 71.5 Å². The maximum atomic E-state index is 12.9. The van der Waals surface area contributed by atoms with Crippen LogP contribution in [0.5, 0.6) is 11.6 Å². The number of hydrogen-bond acceptors (Lipinski definition) is 10. The minimum absolute atomic E-state index is 0.00849. The molecule has 4 aromatic carbocycles. The Bertz CT molecular complexity index is 2920. The molecule has 8 rings (SSSR count). The highest BCUT2D eigenvalue weighted by molar-refractivity contribution is 8.13. The van der Waals surface area contributed by atoms with Gasteiger partial charge in [-0.05, 0) is 92.1 Å². The Morgan fingerprint density at radius 2 is 1.17 bits per heavy atom. The number of halogens is 7. The number of nitrogens with one attached hydrogen (secondary N) is 1. The standard InChI is InChI=1S/C24H26F3N3O3S.C21H20F3N3O2.C2H5ClO2S/c1-3-30-21(12-17-8-10-19(11-9-17)24(25,26)27)14-22(28-30)18-6-5-7-20(13-18)23(15-33-16-23)29-34(31,32)4-2;1-2-27-19(29-17-8-6-15(7-9-17)21(22,23)24)11-18(26-27)14-4-3-5-16(10-14)20(25)12-28-13-20;1-2-6(3,4)5/h5-11,13-14,29H,3-4,12,15-16H2,1-2H3;3-11H,2,12-13,25H2,1H3;2H2,1H3. The minimum atomic E-state index is -4.38. The second-order valence-corrected chi connectivity index (χ2v) is 21.3. The van der Waals surface area contributed by atoms with Gasteiger partial charge >= 0.3 is 12.4 Å². The Hall–Kier alpha value is -5.29. The van der Waals surface area contributed by atoms with Crippen molar-refractivity contribution in [1.82, 2.24) is 24.3 Å². The molecule has 0 spiro atoms. The van der Waals surface area contributed by atoms with Crippen LogP contribution < -0.4 is 15.2 Å². The molecule has 0 unspecified atom stereocenters. The Balaban J connectivity index is 0.000000205. The third-order valence-corrected chi connectivity index (χ3v) is 14.0. The zero-order valence-corrected chi connectivity index (χ0v) is 40.3. The van der Waals surface area contributed by atoms with Crippen molar-refractivity contribution in [3.05, 3.63) is 143 Å². The van der Waals surface area contributed by atoms with E-state index in [9.17, 15) is 43.2 Å². The van der Waals surface area contributed by atoms with E-state index in [-0.39, 0.29) is 24.7 Å². The fraction of sp³-hybridized carbons (Fsp3) is 0.362. The normalized spacial score (nSPS) is 15.4. The van der Waals surface area contributed by atoms with Crippen molar-refractivity contribution >= 4 is 29.8 Å². The van der Waals surface area contributed by atoms with Gasteiger partial charge in [-0.1, -0.05) is 55.5 Å². The van der Waals surface area contributed by atoms with E-state index < -0.39 is 53.6 Å². The zero-order chi connectivity index (χ0) is 50.4. The second kappa shape index (κ2) is 21.4. The number of alkyl halides is 6. The summed E-state index contributed by atoms with van der Waals surface area (Å²) in [6.45, 7) is 9.52. The summed E-state index contributed by atoms with van der Waals surface area (Å²) in [6.07, 6.45) is -8.31. The summed E-state index contributed by atoms with van der Waals surface area (Å²) < 4.78 is 143. The molecule has 0 atom stereocenters. The highest BCUT2D eigenvalue weighted by Gasteiger charge is 2.43. The van der Waals surface area contributed by atoms with Crippen molar-refractivity contribution in [2.75, 3.05) is 37.9 Å². The maximum Gasteiger partial charge on any atom is 0.416 e. The van der Waals surface area contributed by atoms with Crippen molar-refractivity contribution in [1.29, 1.82) is 0 Å². The molecule has 2 aromatic heterocycles.